The van der Waals surface area contributed by atoms with Crippen LogP contribution in [-0.2, 0) is 28.6 Å². The number of ether oxygens (including phenoxy) is 3. The molecule has 0 aromatic carbocycles. The lowest BCUT2D eigenvalue weighted by atomic mass is 10.1. The molecule has 6 nitrogen and oxygen atoms in total. The molecule has 0 bridgehead atoms. The van der Waals surface area contributed by atoms with Gasteiger partial charge in [0.1, 0.15) is 13.2 Å². The summed E-state index contributed by atoms with van der Waals surface area (Å²) < 4.78 is 16.8. The summed E-state index contributed by atoms with van der Waals surface area (Å²) in [6.07, 6.45) is 69.6. The van der Waals surface area contributed by atoms with Crippen LogP contribution < -0.4 is 0 Å². The number of carbonyl (C=O) groups is 3. The van der Waals surface area contributed by atoms with Crippen LogP contribution in [0.3, 0.4) is 0 Å². The van der Waals surface area contributed by atoms with Gasteiger partial charge in [-0.3, -0.25) is 14.4 Å². The molecule has 0 saturated heterocycles. The molecule has 0 N–H and O–H groups in total. The van der Waals surface area contributed by atoms with Gasteiger partial charge in [0.05, 0.1) is 0 Å². The predicted molar refractivity (Wildman–Crippen MR) is 279 cm³/mol. The SMILES string of the molecule is CC/C=C\C/C=C\C/C=C\CCCCCCCC(=O)OCC(COC(=O)CCCCCCCCC/C=C\C/C=C\CCCCC)OC(=O)CCCCCCC/C=C\C/C=C\C/C=C\CC. The Bertz CT molecular complexity index is 1310. The Morgan fingerprint density at radius 2 is 0.600 bits per heavy atom. The topological polar surface area (TPSA) is 78.9 Å². The van der Waals surface area contributed by atoms with Gasteiger partial charge in [-0.05, 0) is 116 Å². The highest BCUT2D eigenvalue weighted by atomic mass is 16.6. The van der Waals surface area contributed by atoms with Crippen molar-refractivity contribution in [1.29, 1.82) is 0 Å². The second kappa shape index (κ2) is 52.9. The minimum Gasteiger partial charge on any atom is -0.462 e. The quantitative estimate of drug-likeness (QED) is 0.0262. The fourth-order valence-electron chi connectivity index (χ4n) is 7.09. The molecule has 0 aromatic heterocycles. The van der Waals surface area contributed by atoms with E-state index in [-0.39, 0.29) is 31.1 Å². The zero-order chi connectivity index (χ0) is 47.2. The summed E-state index contributed by atoms with van der Waals surface area (Å²) in [6, 6.07) is 0. The highest BCUT2D eigenvalue weighted by Crippen LogP contribution is 2.14. The summed E-state index contributed by atoms with van der Waals surface area (Å²) in [5.74, 6) is -0.938. The van der Waals surface area contributed by atoms with E-state index in [2.05, 4.69) is 118 Å². The summed E-state index contributed by atoms with van der Waals surface area (Å²) in [4.78, 5) is 38.1. The van der Waals surface area contributed by atoms with E-state index in [1.807, 2.05) is 0 Å². The van der Waals surface area contributed by atoms with Crippen molar-refractivity contribution in [3.63, 3.8) is 0 Å². The first-order chi connectivity index (χ1) is 32.0. The van der Waals surface area contributed by atoms with Gasteiger partial charge in [0.25, 0.3) is 0 Å². The molecule has 0 amide bonds. The van der Waals surface area contributed by atoms with E-state index < -0.39 is 6.10 Å². The number of hydrogen-bond donors (Lipinski definition) is 0. The van der Waals surface area contributed by atoms with E-state index in [1.165, 1.54) is 51.4 Å². The molecule has 1 atom stereocenters. The molecule has 0 fully saturated rings. The van der Waals surface area contributed by atoms with Crippen LogP contribution in [0.4, 0.5) is 0 Å². The van der Waals surface area contributed by atoms with Crippen molar-refractivity contribution < 1.29 is 28.6 Å². The van der Waals surface area contributed by atoms with Crippen LogP contribution in [0.2, 0.25) is 0 Å². The van der Waals surface area contributed by atoms with E-state index in [1.54, 1.807) is 0 Å². The maximum absolute atomic E-state index is 12.8. The zero-order valence-corrected chi connectivity index (χ0v) is 42.2. The fraction of sp³-hybridized carbons (Fsp3) is 0.678. The summed E-state index contributed by atoms with van der Waals surface area (Å²) in [5, 5.41) is 0. The van der Waals surface area contributed by atoms with Crippen LogP contribution in [0.15, 0.2) is 97.2 Å². The van der Waals surface area contributed by atoms with Crippen molar-refractivity contribution in [2.45, 2.75) is 245 Å². The van der Waals surface area contributed by atoms with Gasteiger partial charge in [-0.15, -0.1) is 0 Å². The Balaban J connectivity index is 4.46. The van der Waals surface area contributed by atoms with Gasteiger partial charge in [0, 0.05) is 19.3 Å². The summed E-state index contributed by atoms with van der Waals surface area (Å²) >= 11 is 0. The van der Waals surface area contributed by atoms with E-state index in [4.69, 9.17) is 14.2 Å². The van der Waals surface area contributed by atoms with Crippen molar-refractivity contribution in [2.24, 2.45) is 0 Å². The lowest BCUT2D eigenvalue weighted by molar-refractivity contribution is -0.167. The van der Waals surface area contributed by atoms with Crippen LogP contribution in [0, 0.1) is 0 Å². The molecule has 6 heteroatoms. The molecule has 0 aliphatic heterocycles. The van der Waals surface area contributed by atoms with Crippen molar-refractivity contribution >= 4 is 17.9 Å². The molecule has 65 heavy (non-hydrogen) atoms. The summed E-state index contributed by atoms with van der Waals surface area (Å²) in [7, 11) is 0. The maximum atomic E-state index is 12.8. The van der Waals surface area contributed by atoms with E-state index >= 15 is 0 Å². The molecule has 0 saturated carbocycles. The number of allylic oxidation sites excluding steroid dienone is 16. The third-order valence-corrected chi connectivity index (χ3v) is 11.1. The van der Waals surface area contributed by atoms with E-state index in [0.717, 1.165) is 148 Å². The minimum absolute atomic E-state index is 0.0954. The van der Waals surface area contributed by atoms with Crippen molar-refractivity contribution in [2.75, 3.05) is 13.2 Å². The molecule has 1 unspecified atom stereocenters. The Morgan fingerprint density at radius 1 is 0.323 bits per heavy atom. The molecule has 0 aliphatic rings. The normalized spacial score (nSPS) is 12.8. The first-order valence-electron chi connectivity index (χ1n) is 26.7. The second-order valence-corrected chi connectivity index (χ2v) is 17.4. The number of rotatable bonds is 47. The standard InChI is InChI=1S/C59H98O6/c1-4-7-10-13-16-19-22-25-28-29-32-34-37-40-43-46-49-52-58(61)64-55-56(65-59(62)53-50-47-44-41-38-35-31-27-24-21-18-15-12-9-6-3)54-63-57(60)51-48-45-42-39-36-33-30-26-23-20-17-14-11-8-5-2/h8-9,11-12,16-21,25-28,30-31,56H,4-7,10,13-15,22-24,29,32-55H2,1-3H3/b11-8-,12-9-,19-16-,20-17-,21-18-,28-25-,30-26-,31-27-. The molecule has 0 heterocycles. The predicted octanol–water partition coefficient (Wildman–Crippen LogP) is 17.8. The number of esters is 3. The van der Waals surface area contributed by atoms with Gasteiger partial charge in [-0.25, -0.2) is 0 Å². The average molecular weight is 903 g/mol. The Labute approximate surface area is 400 Å². The van der Waals surface area contributed by atoms with Crippen molar-refractivity contribution in [1.82, 2.24) is 0 Å². The molecule has 0 aromatic rings. The molecule has 0 spiro atoms. The molecule has 0 radical (unpaired) electrons. The van der Waals surface area contributed by atoms with Crippen molar-refractivity contribution in [3.8, 4) is 0 Å². The van der Waals surface area contributed by atoms with Crippen LogP contribution in [-0.4, -0.2) is 37.2 Å². The zero-order valence-electron chi connectivity index (χ0n) is 42.2. The number of hydrogen-bond acceptors (Lipinski definition) is 6. The molecule has 370 valence electrons. The highest BCUT2D eigenvalue weighted by Gasteiger charge is 2.19. The third-order valence-electron chi connectivity index (χ3n) is 11.1. The van der Waals surface area contributed by atoms with Crippen LogP contribution in [0.25, 0.3) is 0 Å². The number of unbranched alkanes of at least 4 members (excludes halogenated alkanes) is 20. The average Bonchev–Trinajstić information content (AvgIpc) is 3.30. The van der Waals surface area contributed by atoms with E-state index in [0.29, 0.717) is 19.3 Å². The Morgan fingerprint density at radius 3 is 0.938 bits per heavy atom. The fourth-order valence-corrected chi connectivity index (χ4v) is 7.09. The summed E-state index contributed by atoms with van der Waals surface area (Å²) in [6.45, 7) is 6.35. The van der Waals surface area contributed by atoms with Crippen LogP contribution >= 0.6 is 0 Å². The molecule has 0 rings (SSSR count). The van der Waals surface area contributed by atoms with Gasteiger partial charge >= 0.3 is 17.9 Å². The number of carbonyl (C=O) groups excluding carboxylic acids is 3. The van der Waals surface area contributed by atoms with Crippen LogP contribution in [0.1, 0.15) is 239 Å². The lowest BCUT2D eigenvalue weighted by Crippen LogP contribution is -2.30. The Kier molecular flexibility index (Phi) is 50.0. The van der Waals surface area contributed by atoms with Gasteiger partial charge in [0.2, 0.25) is 0 Å². The highest BCUT2D eigenvalue weighted by molar-refractivity contribution is 5.71. The maximum Gasteiger partial charge on any atom is 0.306 e. The largest absolute Gasteiger partial charge is 0.462 e. The summed E-state index contributed by atoms with van der Waals surface area (Å²) in [5.41, 5.74) is 0. The lowest BCUT2D eigenvalue weighted by Gasteiger charge is -2.18. The second-order valence-electron chi connectivity index (χ2n) is 17.4. The van der Waals surface area contributed by atoms with Gasteiger partial charge < -0.3 is 14.2 Å². The van der Waals surface area contributed by atoms with Gasteiger partial charge in [0.15, 0.2) is 6.10 Å². The first kappa shape index (κ1) is 61.3. The molecule has 0 aliphatic carbocycles. The van der Waals surface area contributed by atoms with Gasteiger partial charge in [-0.1, -0.05) is 201 Å². The van der Waals surface area contributed by atoms with Gasteiger partial charge in [-0.2, -0.15) is 0 Å². The third kappa shape index (κ3) is 51.2. The monoisotopic (exact) mass is 903 g/mol. The smallest absolute Gasteiger partial charge is 0.306 e. The Hall–Kier alpha value is -3.67. The molecular formula is C59H98O6. The van der Waals surface area contributed by atoms with Crippen molar-refractivity contribution in [3.05, 3.63) is 97.2 Å². The van der Waals surface area contributed by atoms with E-state index in [9.17, 15) is 14.4 Å². The van der Waals surface area contributed by atoms with Crippen LogP contribution in [0.5, 0.6) is 0 Å². The molecular weight excluding hydrogens is 805 g/mol. The first-order valence-corrected chi connectivity index (χ1v) is 26.7. The minimum atomic E-state index is -0.798.